The molecule has 6 nitrogen and oxygen atoms in total. The van der Waals surface area contributed by atoms with E-state index in [4.69, 9.17) is 16.3 Å². The van der Waals surface area contributed by atoms with Gasteiger partial charge in [-0.2, -0.15) is 18.3 Å². The van der Waals surface area contributed by atoms with Crippen molar-refractivity contribution < 1.29 is 22.7 Å². The molecule has 0 saturated carbocycles. The van der Waals surface area contributed by atoms with Crippen LogP contribution in [0.2, 0.25) is 5.02 Å². The maximum Gasteiger partial charge on any atom is 0.434 e. The largest absolute Gasteiger partial charge is 0.477 e. The Kier molecular flexibility index (Phi) is 7.17. The number of unbranched alkanes of at least 4 members (excludes halogenated alkanes) is 1. The zero-order valence-electron chi connectivity index (χ0n) is 16.6. The number of amides is 1. The molecule has 0 fully saturated rings. The van der Waals surface area contributed by atoms with Crippen LogP contribution in [0.5, 0.6) is 5.88 Å². The van der Waals surface area contributed by atoms with E-state index in [9.17, 15) is 18.0 Å². The van der Waals surface area contributed by atoms with Gasteiger partial charge >= 0.3 is 6.18 Å². The molecule has 0 atom stereocenters. The molecule has 1 amide bonds. The molecule has 3 rings (SSSR count). The van der Waals surface area contributed by atoms with E-state index in [1.54, 1.807) is 18.3 Å². The van der Waals surface area contributed by atoms with Crippen molar-refractivity contribution in [3.05, 3.63) is 70.6 Å². The molecule has 10 heteroatoms. The van der Waals surface area contributed by atoms with Crippen LogP contribution in [0.15, 0.2) is 48.8 Å². The molecule has 0 radical (unpaired) electrons. The Labute approximate surface area is 182 Å². The van der Waals surface area contributed by atoms with Crippen LogP contribution in [-0.4, -0.2) is 27.3 Å². The third kappa shape index (κ3) is 5.55. The zero-order valence-corrected chi connectivity index (χ0v) is 17.4. The molecular formula is C21H20ClF3N4O2. The lowest BCUT2D eigenvalue weighted by Gasteiger charge is -2.14. The van der Waals surface area contributed by atoms with Gasteiger partial charge in [-0.3, -0.25) is 4.79 Å². The molecule has 1 aromatic carbocycles. The number of carbonyl (C=O) groups is 1. The summed E-state index contributed by atoms with van der Waals surface area (Å²) in [5, 5.41) is 6.52. The summed E-state index contributed by atoms with van der Waals surface area (Å²) < 4.78 is 47.6. The van der Waals surface area contributed by atoms with Gasteiger partial charge in [-0.1, -0.05) is 37.1 Å². The molecule has 0 aliphatic carbocycles. The maximum absolute atomic E-state index is 13.8. The zero-order chi connectivity index (χ0) is 22.4. The summed E-state index contributed by atoms with van der Waals surface area (Å²) in [6.45, 7) is 2.43. The van der Waals surface area contributed by atoms with Crippen LogP contribution in [0.3, 0.4) is 0 Å². The summed E-state index contributed by atoms with van der Waals surface area (Å²) in [5.41, 5.74) is -1.12. The lowest BCUT2D eigenvalue weighted by Crippen LogP contribution is -2.26. The van der Waals surface area contributed by atoms with Crippen molar-refractivity contribution in [1.29, 1.82) is 0 Å². The van der Waals surface area contributed by atoms with E-state index in [-0.39, 0.29) is 17.3 Å². The monoisotopic (exact) mass is 452 g/mol. The normalized spacial score (nSPS) is 11.4. The van der Waals surface area contributed by atoms with Crippen molar-refractivity contribution in [2.24, 2.45) is 0 Å². The van der Waals surface area contributed by atoms with Crippen molar-refractivity contribution in [1.82, 2.24) is 20.1 Å². The number of aromatic nitrogens is 3. The number of pyridine rings is 1. The van der Waals surface area contributed by atoms with Crippen molar-refractivity contribution in [2.45, 2.75) is 32.5 Å². The molecule has 0 unspecified atom stereocenters. The Morgan fingerprint density at radius 3 is 2.77 bits per heavy atom. The number of nitrogens with one attached hydrogen (secondary N) is 1. The first kappa shape index (κ1) is 22.6. The molecule has 31 heavy (non-hydrogen) atoms. The average Bonchev–Trinajstić information content (AvgIpc) is 3.19. The number of carbonyl (C=O) groups excluding carboxylic acids is 1. The molecule has 0 bridgehead atoms. The van der Waals surface area contributed by atoms with Crippen LogP contribution < -0.4 is 10.1 Å². The van der Waals surface area contributed by atoms with Crippen molar-refractivity contribution in [2.75, 3.05) is 6.61 Å². The van der Waals surface area contributed by atoms with Crippen LogP contribution in [-0.2, 0) is 12.7 Å². The highest BCUT2D eigenvalue weighted by Crippen LogP contribution is 2.34. The lowest BCUT2D eigenvalue weighted by molar-refractivity contribution is -0.143. The highest BCUT2D eigenvalue weighted by molar-refractivity contribution is 6.30. The van der Waals surface area contributed by atoms with E-state index in [0.29, 0.717) is 22.7 Å². The first-order valence-corrected chi connectivity index (χ1v) is 9.95. The molecule has 0 aliphatic rings. The predicted octanol–water partition coefficient (Wildman–Crippen LogP) is 5.05. The van der Waals surface area contributed by atoms with E-state index in [0.717, 1.165) is 19.0 Å². The highest BCUT2D eigenvalue weighted by Gasteiger charge is 2.40. The van der Waals surface area contributed by atoms with Gasteiger partial charge in [0.25, 0.3) is 5.91 Å². The maximum atomic E-state index is 13.8. The summed E-state index contributed by atoms with van der Waals surface area (Å²) in [6.07, 6.45) is -0.603. The molecule has 0 aliphatic heterocycles. The number of halogens is 4. The van der Waals surface area contributed by atoms with Crippen LogP contribution in [0.25, 0.3) is 5.69 Å². The van der Waals surface area contributed by atoms with Gasteiger partial charge in [-0.05, 0) is 30.7 Å². The van der Waals surface area contributed by atoms with Gasteiger partial charge in [0.05, 0.1) is 24.1 Å². The standard InChI is InChI=1S/C21H20ClF3N4O2/c1-2-3-10-31-20-14(6-5-9-26-20)12-27-19(30)17-13-28-29(18(17)21(23,24)25)16-8-4-7-15(22)11-16/h4-9,11,13H,2-3,10,12H2,1H3,(H,27,30). The number of hydrogen-bond donors (Lipinski definition) is 1. The average molecular weight is 453 g/mol. The summed E-state index contributed by atoms with van der Waals surface area (Å²) in [6, 6.07) is 9.14. The molecule has 1 N–H and O–H groups in total. The number of hydrogen-bond acceptors (Lipinski definition) is 4. The highest BCUT2D eigenvalue weighted by atomic mass is 35.5. The Morgan fingerprint density at radius 1 is 1.26 bits per heavy atom. The minimum absolute atomic E-state index is 0.0478. The van der Waals surface area contributed by atoms with Gasteiger partial charge in [0, 0.05) is 23.3 Å². The summed E-state index contributed by atoms with van der Waals surface area (Å²) in [7, 11) is 0. The third-order valence-electron chi connectivity index (χ3n) is 4.36. The molecule has 2 aromatic heterocycles. The number of ether oxygens (including phenoxy) is 1. The van der Waals surface area contributed by atoms with Gasteiger partial charge < -0.3 is 10.1 Å². The van der Waals surface area contributed by atoms with E-state index >= 15 is 0 Å². The molecular weight excluding hydrogens is 433 g/mol. The second-order valence-electron chi connectivity index (χ2n) is 6.65. The predicted molar refractivity (Wildman–Crippen MR) is 109 cm³/mol. The molecule has 3 aromatic rings. The minimum Gasteiger partial charge on any atom is -0.477 e. The second-order valence-corrected chi connectivity index (χ2v) is 7.09. The van der Waals surface area contributed by atoms with E-state index < -0.39 is 23.3 Å². The summed E-state index contributed by atoms with van der Waals surface area (Å²) >= 11 is 5.89. The Bertz CT molecular complexity index is 1050. The summed E-state index contributed by atoms with van der Waals surface area (Å²) in [5.74, 6) is -0.578. The van der Waals surface area contributed by atoms with Gasteiger partial charge in [-0.15, -0.1) is 0 Å². The van der Waals surface area contributed by atoms with Gasteiger partial charge in [-0.25, -0.2) is 9.67 Å². The van der Waals surface area contributed by atoms with Gasteiger partial charge in [0.1, 0.15) is 0 Å². The fraction of sp³-hybridized carbons (Fsp3) is 0.286. The Morgan fingerprint density at radius 2 is 2.06 bits per heavy atom. The lowest BCUT2D eigenvalue weighted by atomic mass is 10.2. The molecule has 164 valence electrons. The third-order valence-corrected chi connectivity index (χ3v) is 4.60. The first-order chi connectivity index (χ1) is 14.8. The Balaban J connectivity index is 1.83. The van der Waals surface area contributed by atoms with Crippen LogP contribution in [0, 0.1) is 0 Å². The first-order valence-electron chi connectivity index (χ1n) is 9.57. The second kappa shape index (κ2) is 9.82. The number of nitrogens with zero attached hydrogens (tertiary/aromatic N) is 3. The molecule has 2 heterocycles. The SMILES string of the molecule is CCCCOc1ncccc1CNC(=O)c1cnn(-c2cccc(Cl)c2)c1C(F)(F)F. The van der Waals surface area contributed by atoms with E-state index in [1.165, 1.54) is 24.3 Å². The number of rotatable bonds is 8. The molecule has 0 saturated heterocycles. The quantitative estimate of drug-likeness (QED) is 0.486. The van der Waals surface area contributed by atoms with Crippen molar-refractivity contribution in [3.8, 4) is 11.6 Å². The topological polar surface area (TPSA) is 69.0 Å². The number of alkyl halides is 3. The van der Waals surface area contributed by atoms with E-state index in [2.05, 4.69) is 15.4 Å². The van der Waals surface area contributed by atoms with Crippen LogP contribution >= 0.6 is 11.6 Å². The van der Waals surface area contributed by atoms with Crippen LogP contribution in [0.1, 0.15) is 41.4 Å². The Hall–Kier alpha value is -3.07. The fourth-order valence-electron chi connectivity index (χ4n) is 2.86. The van der Waals surface area contributed by atoms with Crippen molar-refractivity contribution in [3.63, 3.8) is 0 Å². The van der Waals surface area contributed by atoms with Gasteiger partial charge in [0.2, 0.25) is 5.88 Å². The number of benzene rings is 1. The minimum atomic E-state index is -4.81. The van der Waals surface area contributed by atoms with E-state index in [1.807, 2.05) is 6.92 Å². The molecule has 0 spiro atoms. The fourth-order valence-corrected chi connectivity index (χ4v) is 3.05. The van der Waals surface area contributed by atoms with Gasteiger partial charge in [0.15, 0.2) is 5.69 Å². The summed E-state index contributed by atoms with van der Waals surface area (Å²) in [4.78, 5) is 16.7. The van der Waals surface area contributed by atoms with Crippen molar-refractivity contribution >= 4 is 17.5 Å². The smallest absolute Gasteiger partial charge is 0.434 e. The van der Waals surface area contributed by atoms with Crippen LogP contribution in [0.4, 0.5) is 13.2 Å².